The maximum atomic E-state index is 13.9. The predicted molar refractivity (Wildman–Crippen MR) is 165 cm³/mol. The lowest BCUT2D eigenvalue weighted by molar-refractivity contribution is -0.136. The Bertz CT molecular complexity index is 1860. The summed E-state index contributed by atoms with van der Waals surface area (Å²) < 4.78 is 19.0. The van der Waals surface area contributed by atoms with Crippen molar-refractivity contribution in [2.75, 3.05) is 14.2 Å². The average Bonchev–Trinajstić information content (AvgIpc) is 3.30. The van der Waals surface area contributed by atoms with Crippen molar-refractivity contribution in [1.29, 1.82) is 0 Å². The molecule has 1 unspecified atom stereocenters. The normalized spacial score (nSPS) is 14.7. The number of halogens is 1. The Hall–Kier alpha value is -4.40. The Labute approximate surface area is 252 Å². The summed E-state index contributed by atoms with van der Waals surface area (Å²) in [6.45, 7) is 5.99. The maximum absolute atomic E-state index is 13.9. The molecule has 0 bridgehead atoms. The number of allylic oxidation sites excluding steroid dienone is 2. The van der Waals surface area contributed by atoms with E-state index in [0.29, 0.717) is 50.2 Å². The van der Waals surface area contributed by atoms with Gasteiger partial charge in [-0.25, -0.2) is 9.79 Å². The molecule has 1 aliphatic heterocycles. The highest BCUT2D eigenvalue weighted by molar-refractivity contribution is 7.07. The van der Waals surface area contributed by atoms with Crippen LogP contribution in [0.25, 0.3) is 6.08 Å². The largest absolute Gasteiger partial charge is 0.493 e. The Morgan fingerprint density at radius 2 is 1.86 bits per heavy atom. The second kappa shape index (κ2) is 12.6. The zero-order valence-corrected chi connectivity index (χ0v) is 25.0. The van der Waals surface area contributed by atoms with E-state index in [-0.39, 0.29) is 5.56 Å². The fraction of sp³-hybridized carbons (Fsp3) is 0.182. The number of rotatable bonds is 9. The van der Waals surface area contributed by atoms with Crippen LogP contribution in [-0.4, -0.2) is 24.8 Å². The first-order valence-electron chi connectivity index (χ1n) is 13.2. The summed E-state index contributed by atoms with van der Waals surface area (Å²) in [6, 6.07) is 20.0. The van der Waals surface area contributed by atoms with Crippen molar-refractivity contribution in [1.82, 2.24) is 4.57 Å². The number of thiazole rings is 1. The third-order valence-electron chi connectivity index (χ3n) is 6.87. The van der Waals surface area contributed by atoms with Gasteiger partial charge in [0.15, 0.2) is 16.3 Å². The van der Waals surface area contributed by atoms with Crippen molar-refractivity contribution in [3.05, 3.63) is 138 Å². The maximum Gasteiger partial charge on any atom is 0.338 e. The molecule has 0 saturated carbocycles. The highest BCUT2D eigenvalue weighted by Gasteiger charge is 2.33. The molecule has 42 heavy (non-hydrogen) atoms. The number of methoxy groups -OCH3 is 2. The van der Waals surface area contributed by atoms with Crippen molar-refractivity contribution >= 4 is 35.0 Å². The number of carbonyl (C=O) groups is 1. The van der Waals surface area contributed by atoms with Crippen LogP contribution in [-0.2, 0) is 22.6 Å². The van der Waals surface area contributed by atoms with Crippen LogP contribution in [0.3, 0.4) is 0 Å². The van der Waals surface area contributed by atoms with Gasteiger partial charge in [0.05, 0.1) is 36.1 Å². The highest BCUT2D eigenvalue weighted by atomic mass is 35.5. The number of benzene rings is 3. The number of aromatic nitrogens is 1. The minimum Gasteiger partial charge on any atom is -0.493 e. The first kappa shape index (κ1) is 29.1. The molecule has 1 aromatic heterocycles. The number of fused-ring (bicyclic) bond motifs is 1. The summed E-state index contributed by atoms with van der Waals surface area (Å²) >= 11 is 7.28. The third-order valence-corrected chi connectivity index (χ3v) is 8.11. The van der Waals surface area contributed by atoms with Gasteiger partial charge in [-0.3, -0.25) is 9.36 Å². The van der Waals surface area contributed by atoms with Crippen LogP contribution in [0.5, 0.6) is 11.5 Å². The molecule has 0 spiro atoms. The molecule has 5 rings (SSSR count). The molecule has 3 aromatic carbocycles. The Morgan fingerprint density at radius 1 is 1.12 bits per heavy atom. The van der Waals surface area contributed by atoms with E-state index < -0.39 is 12.0 Å². The molecule has 0 aliphatic carbocycles. The predicted octanol–water partition coefficient (Wildman–Crippen LogP) is 5.38. The van der Waals surface area contributed by atoms with Crippen molar-refractivity contribution in [3.63, 3.8) is 0 Å². The van der Waals surface area contributed by atoms with Gasteiger partial charge in [0, 0.05) is 10.6 Å². The summed E-state index contributed by atoms with van der Waals surface area (Å²) in [5, 5.41) is 0.657. The fourth-order valence-electron chi connectivity index (χ4n) is 4.92. The van der Waals surface area contributed by atoms with Crippen molar-refractivity contribution in [2.24, 2.45) is 4.99 Å². The number of hydrogen-bond donors (Lipinski definition) is 0. The van der Waals surface area contributed by atoms with E-state index in [1.165, 1.54) is 18.4 Å². The molecule has 0 amide bonds. The molecule has 214 valence electrons. The molecule has 0 radical (unpaired) electrons. The lowest BCUT2D eigenvalue weighted by Crippen LogP contribution is -2.39. The Kier molecular flexibility index (Phi) is 8.75. The third kappa shape index (κ3) is 5.82. The first-order chi connectivity index (χ1) is 20.3. The summed E-state index contributed by atoms with van der Waals surface area (Å²) in [5.74, 6) is 0.620. The van der Waals surface area contributed by atoms with Crippen LogP contribution in [0.2, 0.25) is 5.02 Å². The van der Waals surface area contributed by atoms with Crippen molar-refractivity contribution in [3.8, 4) is 11.5 Å². The highest BCUT2D eigenvalue weighted by Crippen LogP contribution is 2.35. The molecule has 7 nitrogen and oxygen atoms in total. The molecular formula is C33H29ClN2O5S. The minimum atomic E-state index is -0.661. The second-order valence-corrected chi connectivity index (χ2v) is 11.0. The number of esters is 1. The van der Waals surface area contributed by atoms with Gasteiger partial charge in [-0.15, -0.1) is 6.58 Å². The number of nitrogens with zero attached hydrogens (tertiary/aromatic N) is 2. The smallest absolute Gasteiger partial charge is 0.338 e. The van der Waals surface area contributed by atoms with Gasteiger partial charge in [0.1, 0.15) is 6.61 Å². The Morgan fingerprint density at radius 3 is 2.52 bits per heavy atom. The lowest BCUT2D eigenvalue weighted by atomic mass is 9.96. The summed E-state index contributed by atoms with van der Waals surface area (Å²) in [5.41, 5.74) is 3.97. The second-order valence-electron chi connectivity index (χ2n) is 9.60. The van der Waals surface area contributed by atoms with E-state index in [0.717, 1.165) is 22.3 Å². The SMILES string of the molecule is C=CCc1cc(C=c2sc3n(c2=O)C(c2ccccc2)C(C(=O)OC)=C(C)N=3)cc(OC)c1OCc1ccc(Cl)cc1. The topological polar surface area (TPSA) is 79.1 Å². The summed E-state index contributed by atoms with van der Waals surface area (Å²) in [6.07, 6.45) is 4.13. The van der Waals surface area contributed by atoms with Gasteiger partial charge in [-0.2, -0.15) is 0 Å². The van der Waals surface area contributed by atoms with E-state index in [1.807, 2.05) is 66.7 Å². The zero-order valence-electron chi connectivity index (χ0n) is 23.4. The summed E-state index contributed by atoms with van der Waals surface area (Å²) in [4.78, 5) is 31.9. The first-order valence-corrected chi connectivity index (χ1v) is 14.4. The van der Waals surface area contributed by atoms with Gasteiger partial charge >= 0.3 is 5.97 Å². The van der Waals surface area contributed by atoms with E-state index in [1.54, 1.807) is 30.8 Å². The van der Waals surface area contributed by atoms with E-state index in [2.05, 4.69) is 11.6 Å². The van der Waals surface area contributed by atoms with Gasteiger partial charge in [-0.1, -0.05) is 71.5 Å². The van der Waals surface area contributed by atoms with Crippen LogP contribution in [0, 0.1) is 0 Å². The molecule has 1 atom stereocenters. The monoisotopic (exact) mass is 600 g/mol. The molecule has 4 aromatic rings. The fourth-order valence-corrected chi connectivity index (χ4v) is 6.09. The van der Waals surface area contributed by atoms with Gasteiger partial charge in [0.2, 0.25) is 0 Å². The van der Waals surface area contributed by atoms with Crippen molar-refractivity contribution < 1.29 is 19.0 Å². The minimum absolute atomic E-state index is 0.256. The number of carbonyl (C=O) groups excluding carboxylic acids is 1. The van der Waals surface area contributed by atoms with Crippen LogP contribution >= 0.6 is 22.9 Å². The van der Waals surface area contributed by atoms with Gasteiger partial charge in [-0.05, 0) is 60.4 Å². The molecule has 0 N–H and O–H groups in total. The average molecular weight is 601 g/mol. The van der Waals surface area contributed by atoms with Crippen LogP contribution in [0.4, 0.5) is 0 Å². The molecule has 2 heterocycles. The van der Waals surface area contributed by atoms with Crippen molar-refractivity contribution in [2.45, 2.75) is 26.0 Å². The molecule has 0 saturated heterocycles. The molecule has 1 aliphatic rings. The molecule has 9 heteroatoms. The number of hydrogen-bond acceptors (Lipinski definition) is 7. The molecular weight excluding hydrogens is 572 g/mol. The number of ether oxygens (including phenoxy) is 3. The van der Waals surface area contributed by atoms with Crippen LogP contribution in [0.15, 0.2) is 100 Å². The van der Waals surface area contributed by atoms with E-state index in [9.17, 15) is 9.59 Å². The van der Waals surface area contributed by atoms with Gasteiger partial charge < -0.3 is 14.2 Å². The quantitative estimate of drug-likeness (QED) is 0.190. The van der Waals surface area contributed by atoms with E-state index in [4.69, 9.17) is 25.8 Å². The summed E-state index contributed by atoms with van der Waals surface area (Å²) in [7, 11) is 2.91. The standard InChI is InChI=1S/C33H29ClN2O5S/c1-5-9-24-16-22(17-26(39-3)30(24)41-19-21-12-14-25(34)15-13-21)18-27-31(37)36-29(23-10-7-6-8-11-23)28(32(38)40-4)20(2)35-33(36)42-27/h5-8,10-18,29H,1,9,19H2,2-4H3. The zero-order chi connectivity index (χ0) is 29.8. The Balaban J connectivity index is 1.60. The molecule has 0 fully saturated rings. The van der Waals surface area contributed by atoms with E-state index >= 15 is 0 Å². The van der Waals surface area contributed by atoms with Gasteiger partial charge in [0.25, 0.3) is 5.56 Å². The lowest BCUT2D eigenvalue weighted by Gasteiger charge is -2.24. The van der Waals surface area contributed by atoms with Crippen LogP contribution < -0.4 is 24.4 Å². The van der Waals surface area contributed by atoms with Crippen LogP contribution in [0.1, 0.15) is 35.2 Å².